The van der Waals surface area contributed by atoms with Crippen LogP contribution in [0.25, 0.3) is 0 Å². The first-order valence-electron chi connectivity index (χ1n) is 6.86. The lowest BCUT2D eigenvalue weighted by molar-refractivity contribution is 0.980. The summed E-state index contributed by atoms with van der Waals surface area (Å²) in [5, 5.41) is 7.24. The summed E-state index contributed by atoms with van der Waals surface area (Å²) in [5.74, 6) is 2.36. The van der Waals surface area contributed by atoms with Crippen LogP contribution in [0.15, 0.2) is 43.0 Å². The van der Waals surface area contributed by atoms with E-state index in [1.165, 1.54) is 5.56 Å². The molecule has 1 heterocycles. The van der Waals surface area contributed by atoms with E-state index >= 15 is 0 Å². The smallest absolute Gasteiger partial charge is 0.132 e. The zero-order chi connectivity index (χ0) is 15.1. The van der Waals surface area contributed by atoms with Crippen LogP contribution in [0.1, 0.15) is 11.4 Å². The summed E-state index contributed by atoms with van der Waals surface area (Å²) in [4.78, 5) is 8.70. The molecule has 0 atom stereocenters. The fraction of sp³-hybridized carbons (Fsp3) is 0.250. The van der Waals surface area contributed by atoms with Crippen LogP contribution in [0.2, 0.25) is 5.02 Å². The second-order valence-corrected chi connectivity index (χ2v) is 5.09. The highest BCUT2D eigenvalue weighted by Gasteiger charge is 2.01. The number of anilines is 2. The number of aromatic nitrogens is 2. The molecule has 1 aromatic carbocycles. The molecule has 0 aliphatic carbocycles. The number of nitrogens with one attached hydrogen (secondary N) is 2. The van der Waals surface area contributed by atoms with E-state index in [-0.39, 0.29) is 0 Å². The Balaban J connectivity index is 1.91. The van der Waals surface area contributed by atoms with Crippen LogP contribution in [0.5, 0.6) is 0 Å². The second-order valence-electron chi connectivity index (χ2n) is 4.66. The fourth-order valence-corrected chi connectivity index (χ4v) is 2.04. The van der Waals surface area contributed by atoms with Gasteiger partial charge in [0, 0.05) is 24.2 Å². The summed E-state index contributed by atoms with van der Waals surface area (Å²) in [6, 6.07) is 9.78. The normalized spacial score (nSPS) is 10.2. The summed E-state index contributed by atoms with van der Waals surface area (Å²) in [6.07, 6.45) is 2.71. The van der Waals surface area contributed by atoms with Crippen molar-refractivity contribution >= 4 is 23.2 Å². The molecule has 0 spiro atoms. The maximum Gasteiger partial charge on any atom is 0.132 e. The first-order chi connectivity index (χ1) is 10.2. The van der Waals surface area contributed by atoms with Gasteiger partial charge in [0.2, 0.25) is 0 Å². The van der Waals surface area contributed by atoms with Gasteiger partial charge < -0.3 is 10.6 Å². The van der Waals surface area contributed by atoms with Crippen LogP contribution in [-0.4, -0.2) is 23.1 Å². The van der Waals surface area contributed by atoms with E-state index in [0.717, 1.165) is 35.4 Å². The predicted molar refractivity (Wildman–Crippen MR) is 89.1 cm³/mol. The van der Waals surface area contributed by atoms with Crippen molar-refractivity contribution in [3.05, 3.63) is 59.4 Å². The Bertz CT molecular complexity index is 596. The lowest BCUT2D eigenvalue weighted by Gasteiger charge is -2.09. The number of nitrogens with zero attached hydrogens (tertiary/aromatic N) is 2. The average molecular weight is 303 g/mol. The van der Waals surface area contributed by atoms with Crippen LogP contribution >= 0.6 is 11.6 Å². The van der Waals surface area contributed by atoms with Crippen molar-refractivity contribution in [2.75, 3.05) is 23.7 Å². The number of hydrogen-bond donors (Lipinski definition) is 2. The third-order valence-electron chi connectivity index (χ3n) is 2.90. The Hall–Kier alpha value is -2.07. The lowest BCUT2D eigenvalue weighted by Crippen LogP contribution is -2.09. The molecule has 2 rings (SSSR count). The van der Waals surface area contributed by atoms with Crippen LogP contribution < -0.4 is 10.6 Å². The maximum absolute atomic E-state index is 5.87. The van der Waals surface area contributed by atoms with Gasteiger partial charge in [0.15, 0.2) is 0 Å². The van der Waals surface area contributed by atoms with Crippen LogP contribution in [0.4, 0.5) is 11.6 Å². The summed E-state index contributed by atoms with van der Waals surface area (Å²) >= 11 is 5.87. The maximum atomic E-state index is 5.87. The van der Waals surface area contributed by atoms with E-state index in [4.69, 9.17) is 11.6 Å². The van der Waals surface area contributed by atoms with Crippen molar-refractivity contribution in [1.82, 2.24) is 9.97 Å². The van der Waals surface area contributed by atoms with Gasteiger partial charge in [-0.15, -0.1) is 6.58 Å². The van der Waals surface area contributed by atoms with Gasteiger partial charge in [-0.2, -0.15) is 0 Å². The molecule has 0 amide bonds. The minimum atomic E-state index is 0.681. The van der Waals surface area contributed by atoms with Crippen molar-refractivity contribution in [2.24, 2.45) is 0 Å². The zero-order valence-corrected chi connectivity index (χ0v) is 12.8. The topological polar surface area (TPSA) is 49.8 Å². The molecule has 0 fully saturated rings. The Morgan fingerprint density at radius 3 is 2.48 bits per heavy atom. The Morgan fingerprint density at radius 1 is 1.14 bits per heavy atom. The van der Waals surface area contributed by atoms with Crippen LogP contribution in [0, 0.1) is 6.92 Å². The molecule has 0 saturated heterocycles. The van der Waals surface area contributed by atoms with E-state index in [1.807, 2.05) is 37.3 Å². The molecular weight excluding hydrogens is 284 g/mol. The highest BCUT2D eigenvalue weighted by atomic mass is 35.5. The minimum absolute atomic E-state index is 0.681. The van der Waals surface area contributed by atoms with E-state index in [0.29, 0.717) is 6.54 Å². The number of rotatable bonds is 7. The number of hydrogen-bond acceptors (Lipinski definition) is 4. The lowest BCUT2D eigenvalue weighted by atomic mass is 10.1. The fourth-order valence-electron chi connectivity index (χ4n) is 1.91. The third-order valence-corrected chi connectivity index (χ3v) is 3.15. The third kappa shape index (κ3) is 5.08. The van der Waals surface area contributed by atoms with E-state index in [2.05, 4.69) is 27.2 Å². The first-order valence-corrected chi connectivity index (χ1v) is 7.24. The van der Waals surface area contributed by atoms with Gasteiger partial charge in [-0.05, 0) is 31.0 Å². The van der Waals surface area contributed by atoms with Crippen molar-refractivity contribution in [3.8, 4) is 0 Å². The molecule has 1 aromatic heterocycles. The molecule has 0 bridgehead atoms. The van der Waals surface area contributed by atoms with Gasteiger partial charge >= 0.3 is 0 Å². The average Bonchev–Trinajstić information content (AvgIpc) is 2.47. The molecule has 110 valence electrons. The zero-order valence-electron chi connectivity index (χ0n) is 12.1. The standard InChI is InChI=1S/C16H19ClN4/c1-3-9-18-15-11-16(21-12(2)20-15)19-10-8-13-4-6-14(17)7-5-13/h3-7,11H,1,8-10H2,2H3,(H2,18,19,20,21). The van der Waals surface area contributed by atoms with Crippen molar-refractivity contribution in [1.29, 1.82) is 0 Å². The van der Waals surface area contributed by atoms with Gasteiger partial charge in [0.25, 0.3) is 0 Å². The number of aryl methyl sites for hydroxylation is 1. The highest BCUT2D eigenvalue weighted by Crippen LogP contribution is 2.12. The van der Waals surface area contributed by atoms with Gasteiger partial charge in [-0.25, -0.2) is 9.97 Å². The van der Waals surface area contributed by atoms with E-state index < -0.39 is 0 Å². The van der Waals surface area contributed by atoms with Gasteiger partial charge in [-0.1, -0.05) is 29.8 Å². The van der Waals surface area contributed by atoms with E-state index in [1.54, 1.807) is 6.08 Å². The number of halogens is 1. The van der Waals surface area contributed by atoms with Crippen LogP contribution in [0.3, 0.4) is 0 Å². The SMILES string of the molecule is C=CCNc1cc(NCCc2ccc(Cl)cc2)nc(C)n1. The molecule has 4 nitrogen and oxygen atoms in total. The quantitative estimate of drug-likeness (QED) is 0.766. The molecular formula is C16H19ClN4. The second kappa shape index (κ2) is 7.64. The molecule has 5 heteroatoms. The molecule has 2 aromatic rings. The molecule has 2 N–H and O–H groups in total. The van der Waals surface area contributed by atoms with Gasteiger partial charge in [-0.3, -0.25) is 0 Å². The Labute approximate surface area is 130 Å². The molecule has 0 unspecified atom stereocenters. The largest absolute Gasteiger partial charge is 0.370 e. The minimum Gasteiger partial charge on any atom is -0.370 e. The summed E-state index contributed by atoms with van der Waals surface area (Å²) in [7, 11) is 0. The molecule has 0 saturated carbocycles. The van der Waals surface area contributed by atoms with E-state index in [9.17, 15) is 0 Å². The predicted octanol–water partition coefficient (Wildman–Crippen LogP) is 3.69. The summed E-state index contributed by atoms with van der Waals surface area (Å²) in [5.41, 5.74) is 1.24. The van der Waals surface area contributed by atoms with Crippen molar-refractivity contribution < 1.29 is 0 Å². The Kier molecular flexibility index (Phi) is 5.58. The molecule has 0 aliphatic heterocycles. The highest BCUT2D eigenvalue weighted by molar-refractivity contribution is 6.30. The van der Waals surface area contributed by atoms with Gasteiger partial charge in [0.05, 0.1) is 0 Å². The van der Waals surface area contributed by atoms with Gasteiger partial charge in [0.1, 0.15) is 17.5 Å². The molecule has 21 heavy (non-hydrogen) atoms. The number of benzene rings is 1. The monoisotopic (exact) mass is 302 g/mol. The van der Waals surface area contributed by atoms with Crippen molar-refractivity contribution in [3.63, 3.8) is 0 Å². The molecule has 0 radical (unpaired) electrons. The first kappa shape index (κ1) is 15.3. The van der Waals surface area contributed by atoms with Crippen LogP contribution in [-0.2, 0) is 6.42 Å². The van der Waals surface area contributed by atoms with Crippen molar-refractivity contribution in [2.45, 2.75) is 13.3 Å². The summed E-state index contributed by atoms with van der Waals surface area (Å²) < 4.78 is 0. The summed E-state index contributed by atoms with van der Waals surface area (Å²) in [6.45, 7) is 7.04. The molecule has 0 aliphatic rings. The Morgan fingerprint density at radius 2 is 1.81 bits per heavy atom.